The summed E-state index contributed by atoms with van der Waals surface area (Å²) in [5, 5.41) is 15.6. The molecule has 1 aromatic heterocycles. The summed E-state index contributed by atoms with van der Waals surface area (Å²) in [4.78, 5) is 41.4. The van der Waals surface area contributed by atoms with E-state index in [-0.39, 0.29) is 28.6 Å². The minimum absolute atomic E-state index is 0.101. The normalized spacial score (nSPS) is 16.9. The Balaban J connectivity index is 0.663. The molecule has 0 unspecified atom stereocenters. The molecule has 23 heteroatoms. The fourth-order valence-electron chi connectivity index (χ4n) is 15.6. The van der Waals surface area contributed by atoms with Gasteiger partial charge in [0.15, 0.2) is 11.5 Å². The van der Waals surface area contributed by atoms with Gasteiger partial charge in [-0.25, -0.2) is 4.68 Å². The molecule has 4 aliphatic rings. The number of Topliss-reactive ketones (excluding diaryl/α,β-unsaturated/α-hetero) is 1. The van der Waals surface area contributed by atoms with E-state index >= 15 is 0 Å². The Bertz CT molecular complexity index is 4820. The third kappa shape index (κ3) is 19.7. The van der Waals surface area contributed by atoms with Crippen LogP contribution in [0.2, 0.25) is 0 Å². The molecule has 0 bridgehead atoms. The Morgan fingerprint density at radius 1 is 0.654 bits per heavy atom. The molecule has 107 heavy (non-hydrogen) atoms. The lowest BCUT2D eigenvalue weighted by Gasteiger charge is -2.29. The minimum atomic E-state index is -4.13. The number of nitrogens with one attached hydrogen (secondary N) is 2. The van der Waals surface area contributed by atoms with Crippen LogP contribution >= 0.6 is 0 Å². The van der Waals surface area contributed by atoms with Gasteiger partial charge >= 0.3 is 0 Å². The monoisotopic (exact) mass is 1500 g/mol. The van der Waals surface area contributed by atoms with Gasteiger partial charge in [0.25, 0.3) is 32.1 Å². The first-order chi connectivity index (χ1) is 51.2. The number of carbonyl (C=O) groups is 3. The third-order valence-corrected chi connectivity index (χ3v) is 22.3. The molecule has 6 N–H and O–H groups in total. The van der Waals surface area contributed by atoms with Crippen LogP contribution in [0.25, 0.3) is 32.8 Å². The predicted molar refractivity (Wildman–Crippen MR) is 422 cm³/mol. The molecule has 570 valence electrons. The highest BCUT2D eigenvalue weighted by molar-refractivity contribution is 7.86. The van der Waals surface area contributed by atoms with Crippen molar-refractivity contribution in [2.45, 2.75) is 130 Å². The smallest absolute Gasteiger partial charge is 0.264 e. The molecule has 2 aliphatic heterocycles. The van der Waals surface area contributed by atoms with Gasteiger partial charge in [-0.1, -0.05) is 113 Å². The van der Waals surface area contributed by atoms with Crippen LogP contribution in [0.5, 0.6) is 0 Å². The number of unbranched alkanes of at least 4 members (excludes halogenated alkanes) is 2. The van der Waals surface area contributed by atoms with Crippen molar-refractivity contribution in [3.8, 4) is 5.69 Å². The van der Waals surface area contributed by atoms with Crippen molar-refractivity contribution in [1.82, 2.24) is 15.1 Å². The summed E-state index contributed by atoms with van der Waals surface area (Å²) in [6, 6.07) is 38.5. The number of hydrogen-bond donors (Lipinski definition) is 5. The number of aryl methyl sites for hydroxylation is 1. The van der Waals surface area contributed by atoms with Gasteiger partial charge in [-0.2, -0.15) is 26.5 Å². The number of hydrogen-bond acceptors (Lipinski definition) is 15. The molecule has 0 atom stereocenters. The molecular weight excluding hydrogens is 1400 g/mol. The van der Waals surface area contributed by atoms with Gasteiger partial charge < -0.3 is 45.0 Å². The zero-order chi connectivity index (χ0) is 76.1. The topological polar surface area (TPSA) is 280 Å². The van der Waals surface area contributed by atoms with E-state index in [1.54, 1.807) is 12.1 Å². The van der Waals surface area contributed by atoms with E-state index in [4.69, 9.17) is 34.5 Å². The van der Waals surface area contributed by atoms with Crippen LogP contribution in [0.1, 0.15) is 165 Å². The van der Waals surface area contributed by atoms with E-state index in [2.05, 4.69) is 141 Å². The lowest BCUT2D eigenvalue weighted by atomic mass is 9.75. The Morgan fingerprint density at radius 3 is 1.92 bits per heavy atom. The van der Waals surface area contributed by atoms with Gasteiger partial charge in [0.1, 0.15) is 6.54 Å². The van der Waals surface area contributed by atoms with Crippen molar-refractivity contribution in [3.63, 3.8) is 0 Å². The standard InChI is InChI=1S/C84H103N7O14S2/c1-58-76-72(56-82(2,3)57-73(76)92)91(88-58)65-33-34-68(80(85)93)70(55-65)86-39-17-43-101-45-47-103-49-51-105-52-50-104-48-46-102-44-18-40-87-81(94)64-27-25-63(26-28-64)77-61(31-37-74-83(4,5)69-35-29-60-20-9-11-24-67(60)79(69)90(74)42-13-15-54-107(98,99)100)21-16-22-62(77)32-38-75-84(6,7)78-66-23-10-8-19-59(66)30-36-71(78)89(75)41-12-14-53-106(95,96)97/h8-11,19-20,23-38,55H,12-18,21-22,39-54,56-57H2,1-7H3,(H5-,85,86,87,93,94,95,96,97,98,99,100)/p+1. The number of nitrogens with zero attached hydrogens (tertiary/aromatic N) is 4. The maximum atomic E-state index is 13.8. The fourth-order valence-corrected chi connectivity index (χ4v) is 16.7. The molecule has 7 aromatic rings. The van der Waals surface area contributed by atoms with E-state index < -0.39 is 37.0 Å². The molecule has 0 fully saturated rings. The number of anilines is 2. The first-order valence-electron chi connectivity index (χ1n) is 37.5. The van der Waals surface area contributed by atoms with Crippen LogP contribution in [0, 0.1) is 12.3 Å². The number of ketones is 1. The molecular formula is C84H104N7O14S2+. The van der Waals surface area contributed by atoms with E-state index in [0.717, 1.165) is 97.3 Å². The van der Waals surface area contributed by atoms with E-state index in [1.807, 2.05) is 60.1 Å². The Kier molecular flexibility index (Phi) is 26.2. The van der Waals surface area contributed by atoms with Crippen LogP contribution in [-0.4, -0.2) is 167 Å². The van der Waals surface area contributed by atoms with Gasteiger partial charge in [0, 0.05) is 85.4 Å². The van der Waals surface area contributed by atoms with Crippen LogP contribution in [0.15, 0.2) is 156 Å². The van der Waals surface area contributed by atoms with E-state index in [9.17, 15) is 40.3 Å². The zero-order valence-electron chi connectivity index (χ0n) is 62.8. The fraction of sp³-hybridized carbons (Fsp3) is 0.440. The summed E-state index contributed by atoms with van der Waals surface area (Å²) in [5.41, 5.74) is 20.1. The molecule has 2 amide bonds. The summed E-state index contributed by atoms with van der Waals surface area (Å²) in [6.07, 6.45) is 15.6. The average molecular weight is 1500 g/mol. The first-order valence-corrected chi connectivity index (χ1v) is 40.7. The predicted octanol–water partition coefficient (Wildman–Crippen LogP) is 14.0. The number of allylic oxidation sites excluding steroid dienone is 8. The molecule has 3 heterocycles. The molecule has 6 aromatic carbocycles. The number of nitrogens with two attached hydrogens (primary N) is 1. The molecule has 0 saturated carbocycles. The van der Waals surface area contributed by atoms with Gasteiger partial charge in [0.05, 0.1) is 103 Å². The summed E-state index contributed by atoms with van der Waals surface area (Å²) < 4.78 is 99.6. The van der Waals surface area contributed by atoms with Gasteiger partial charge in [-0.3, -0.25) is 23.5 Å². The highest BCUT2D eigenvalue weighted by Gasteiger charge is 2.46. The van der Waals surface area contributed by atoms with Gasteiger partial charge in [0.2, 0.25) is 5.69 Å². The highest BCUT2D eigenvalue weighted by atomic mass is 32.2. The van der Waals surface area contributed by atoms with Crippen LogP contribution < -0.4 is 21.3 Å². The number of carbonyl (C=O) groups excluding carboxylic acids is 3. The van der Waals surface area contributed by atoms with Crippen LogP contribution in [0.3, 0.4) is 0 Å². The lowest BCUT2D eigenvalue weighted by molar-refractivity contribution is -0.436. The number of amides is 2. The van der Waals surface area contributed by atoms with Gasteiger partial charge in [-0.15, -0.1) is 0 Å². The first kappa shape index (κ1) is 79.5. The number of ether oxygens (including phenoxy) is 5. The van der Waals surface area contributed by atoms with E-state index in [1.165, 1.54) is 11.1 Å². The zero-order valence-corrected chi connectivity index (χ0v) is 64.5. The second-order valence-electron chi connectivity index (χ2n) is 30.0. The lowest BCUT2D eigenvalue weighted by Crippen LogP contribution is -2.28. The summed E-state index contributed by atoms with van der Waals surface area (Å²) in [5.74, 6) is -1.26. The number of fused-ring (bicyclic) bond motifs is 7. The Hall–Kier alpha value is -8.49. The van der Waals surface area contributed by atoms with Crippen molar-refractivity contribution in [2.24, 2.45) is 11.1 Å². The highest BCUT2D eigenvalue weighted by Crippen LogP contribution is 2.52. The number of rotatable bonds is 38. The average Bonchev–Trinajstić information content (AvgIpc) is 1.58. The summed E-state index contributed by atoms with van der Waals surface area (Å²) in [6.45, 7) is 21.2. The Labute approximate surface area is 629 Å². The quantitative estimate of drug-likeness (QED) is 0.0137. The summed E-state index contributed by atoms with van der Waals surface area (Å²) in [7, 11) is -8.26. The second kappa shape index (κ2) is 35.3. The number of benzene rings is 6. The molecule has 11 rings (SSSR count). The number of aromatic nitrogens is 2. The second-order valence-corrected chi connectivity index (χ2v) is 33.1. The molecule has 0 spiro atoms. The maximum absolute atomic E-state index is 13.8. The summed E-state index contributed by atoms with van der Waals surface area (Å²) >= 11 is 0. The number of primary amides is 1. The van der Waals surface area contributed by atoms with Gasteiger partial charge in [-0.05, 0) is 177 Å². The van der Waals surface area contributed by atoms with Crippen LogP contribution in [-0.2, 0) is 61.2 Å². The third-order valence-electron chi connectivity index (χ3n) is 20.7. The SMILES string of the molecule is Cc1nn(-c2ccc(C(N)=O)c(NCCCOCCOCCOCCOCCOCCCNC(=O)c3ccc(C4=C(/C=C/C5=[N+](CCCCS(=O)(=O)O)c6c(ccc7ccccc67)C5(C)C)CCC/C4=C\C=C4/N(CCCCS(=O)(=O)O)c5ccc6ccccc6c5C4(C)C)cc3)c2)c2c1C(=O)CC(C)(C)C2. The maximum Gasteiger partial charge on any atom is 0.264 e. The van der Waals surface area contributed by atoms with Crippen molar-refractivity contribution in [1.29, 1.82) is 0 Å². The molecule has 0 saturated heterocycles. The molecule has 2 aliphatic carbocycles. The largest absolute Gasteiger partial charge is 0.384 e. The molecule has 0 radical (unpaired) electrons. The van der Waals surface area contributed by atoms with Crippen molar-refractivity contribution in [2.75, 3.05) is 114 Å². The van der Waals surface area contributed by atoms with Crippen LogP contribution in [0.4, 0.5) is 17.1 Å². The molecule has 21 nitrogen and oxygen atoms in total. The van der Waals surface area contributed by atoms with Crippen molar-refractivity contribution >= 4 is 87.7 Å². The van der Waals surface area contributed by atoms with E-state index in [0.29, 0.717) is 172 Å². The van der Waals surface area contributed by atoms with Crippen molar-refractivity contribution < 1.29 is 68.6 Å². The minimum Gasteiger partial charge on any atom is -0.384 e. The Morgan fingerprint density at radius 2 is 1.26 bits per heavy atom. The van der Waals surface area contributed by atoms with Crippen molar-refractivity contribution in [3.05, 3.63) is 201 Å².